The first-order valence-corrected chi connectivity index (χ1v) is 9.02. The van der Waals surface area contributed by atoms with Crippen molar-refractivity contribution in [2.75, 3.05) is 16.8 Å². The molecule has 0 aromatic carbocycles. The van der Waals surface area contributed by atoms with E-state index in [1.807, 2.05) is 26.0 Å². The van der Waals surface area contributed by atoms with E-state index in [1.165, 1.54) is 6.20 Å². The largest absolute Gasteiger partial charge is 0.352 e. The number of aromatic nitrogens is 3. The second-order valence-electron chi connectivity index (χ2n) is 6.91. The first-order valence-electron chi connectivity index (χ1n) is 9.02. The van der Waals surface area contributed by atoms with E-state index in [9.17, 15) is 4.39 Å². The Morgan fingerprint density at radius 3 is 2.75 bits per heavy atom. The third-order valence-electron chi connectivity index (χ3n) is 4.79. The summed E-state index contributed by atoms with van der Waals surface area (Å²) in [6.07, 6.45) is 5.35. The van der Waals surface area contributed by atoms with E-state index in [0.717, 1.165) is 47.0 Å². The summed E-state index contributed by atoms with van der Waals surface area (Å²) in [5, 5.41) is 12.1. The molecule has 4 rings (SSSR count). The van der Waals surface area contributed by atoms with Crippen molar-refractivity contribution in [1.29, 1.82) is 5.26 Å². The number of anilines is 3. The van der Waals surface area contributed by atoms with Crippen LogP contribution in [0.4, 0.5) is 21.6 Å². The molecule has 6 nitrogen and oxygen atoms in total. The lowest BCUT2D eigenvalue weighted by Crippen LogP contribution is -2.32. The van der Waals surface area contributed by atoms with Gasteiger partial charge in [0.15, 0.2) is 5.82 Å². The second kappa shape index (κ2) is 7.24. The van der Waals surface area contributed by atoms with Crippen molar-refractivity contribution in [3.8, 4) is 6.07 Å². The Balaban J connectivity index is 1.59. The zero-order chi connectivity index (χ0) is 19.7. The maximum Gasteiger partial charge on any atom is 0.164 e. The smallest absolute Gasteiger partial charge is 0.164 e. The van der Waals surface area contributed by atoms with E-state index >= 15 is 0 Å². The van der Waals surface area contributed by atoms with Gasteiger partial charge in [-0.1, -0.05) is 0 Å². The first kappa shape index (κ1) is 17.9. The van der Waals surface area contributed by atoms with E-state index in [4.69, 9.17) is 5.26 Å². The van der Waals surface area contributed by atoms with Crippen LogP contribution in [0.25, 0.3) is 0 Å². The summed E-state index contributed by atoms with van der Waals surface area (Å²) in [4.78, 5) is 15.2. The lowest BCUT2D eigenvalue weighted by molar-refractivity contribution is 0.624. The van der Waals surface area contributed by atoms with Crippen LogP contribution < -0.4 is 10.2 Å². The average Bonchev–Trinajstić information content (AvgIpc) is 2.70. The SMILES string of the molecule is Cc1cc(Nc2cnc3c(c2)CN(c2ncc(C#N)cc2C)CC3)c(F)cn1. The van der Waals surface area contributed by atoms with Gasteiger partial charge < -0.3 is 10.2 Å². The number of rotatable bonds is 3. The minimum atomic E-state index is -0.401. The van der Waals surface area contributed by atoms with E-state index in [-0.39, 0.29) is 0 Å². The van der Waals surface area contributed by atoms with Crippen LogP contribution in [0.5, 0.6) is 0 Å². The summed E-state index contributed by atoms with van der Waals surface area (Å²) in [6.45, 7) is 5.25. The van der Waals surface area contributed by atoms with Gasteiger partial charge in [0, 0.05) is 37.1 Å². The second-order valence-corrected chi connectivity index (χ2v) is 6.91. The van der Waals surface area contributed by atoms with Crippen LogP contribution in [-0.2, 0) is 13.0 Å². The van der Waals surface area contributed by atoms with Crippen LogP contribution in [0.3, 0.4) is 0 Å². The average molecular weight is 374 g/mol. The van der Waals surface area contributed by atoms with Gasteiger partial charge in [0.1, 0.15) is 11.9 Å². The highest BCUT2D eigenvalue weighted by Crippen LogP contribution is 2.28. The Morgan fingerprint density at radius 2 is 1.96 bits per heavy atom. The molecule has 0 spiro atoms. The molecule has 1 N–H and O–H groups in total. The van der Waals surface area contributed by atoms with Crippen LogP contribution in [-0.4, -0.2) is 21.5 Å². The minimum absolute atomic E-state index is 0.381. The Morgan fingerprint density at radius 1 is 1.11 bits per heavy atom. The van der Waals surface area contributed by atoms with Gasteiger partial charge in [0.25, 0.3) is 0 Å². The fraction of sp³-hybridized carbons (Fsp3) is 0.238. The quantitative estimate of drug-likeness (QED) is 0.751. The molecule has 4 heterocycles. The number of hydrogen-bond donors (Lipinski definition) is 1. The first-order chi connectivity index (χ1) is 13.5. The Kier molecular flexibility index (Phi) is 4.62. The summed E-state index contributed by atoms with van der Waals surface area (Å²) in [6, 6.07) is 7.64. The molecule has 0 atom stereocenters. The number of hydrogen-bond acceptors (Lipinski definition) is 6. The Labute approximate surface area is 162 Å². The predicted molar refractivity (Wildman–Crippen MR) is 105 cm³/mol. The van der Waals surface area contributed by atoms with Gasteiger partial charge in [-0.05, 0) is 43.2 Å². The van der Waals surface area contributed by atoms with Crippen LogP contribution in [0.1, 0.15) is 28.1 Å². The number of aryl methyl sites for hydroxylation is 2. The number of nitriles is 1. The lowest BCUT2D eigenvalue weighted by Gasteiger charge is -2.30. The fourth-order valence-corrected chi connectivity index (χ4v) is 3.43. The van der Waals surface area contributed by atoms with Gasteiger partial charge >= 0.3 is 0 Å². The molecule has 0 bridgehead atoms. The third kappa shape index (κ3) is 3.49. The summed E-state index contributed by atoms with van der Waals surface area (Å²) in [7, 11) is 0. The normalized spacial score (nSPS) is 13.0. The van der Waals surface area contributed by atoms with Crippen molar-refractivity contribution in [2.24, 2.45) is 0 Å². The maximum absolute atomic E-state index is 14.0. The summed E-state index contributed by atoms with van der Waals surface area (Å²) < 4.78 is 14.0. The fourth-order valence-electron chi connectivity index (χ4n) is 3.43. The molecule has 0 unspecified atom stereocenters. The molecule has 0 saturated heterocycles. The molecule has 1 aliphatic heterocycles. The zero-order valence-electron chi connectivity index (χ0n) is 15.7. The van der Waals surface area contributed by atoms with E-state index in [0.29, 0.717) is 17.8 Å². The van der Waals surface area contributed by atoms with Crippen molar-refractivity contribution in [1.82, 2.24) is 15.0 Å². The molecule has 3 aromatic heterocycles. The van der Waals surface area contributed by atoms with Gasteiger partial charge in [-0.25, -0.2) is 9.37 Å². The standard InChI is InChI=1S/C21H19FN6/c1-13-5-15(8-23)9-26-21(13)28-4-3-19-16(12-28)7-17(10-25-19)27-20-6-14(2)24-11-18(20)22/h5-7,9-11H,3-4,12H2,1-2H3,(H,24,27). The van der Waals surface area contributed by atoms with E-state index in [1.54, 1.807) is 18.5 Å². The number of fused-ring (bicyclic) bond motifs is 1. The van der Waals surface area contributed by atoms with Crippen molar-refractivity contribution in [3.05, 3.63) is 70.7 Å². The Bertz CT molecular complexity index is 1090. The van der Waals surface area contributed by atoms with Crippen LogP contribution >= 0.6 is 0 Å². The number of nitrogens with one attached hydrogen (secondary N) is 1. The van der Waals surface area contributed by atoms with Crippen LogP contribution in [0.2, 0.25) is 0 Å². The molecule has 0 amide bonds. The van der Waals surface area contributed by atoms with Crippen LogP contribution in [0.15, 0.2) is 36.8 Å². The molecule has 7 heteroatoms. The topological polar surface area (TPSA) is 77.7 Å². The predicted octanol–water partition coefficient (Wildman–Crippen LogP) is 3.81. The van der Waals surface area contributed by atoms with Gasteiger partial charge in [-0.15, -0.1) is 0 Å². The minimum Gasteiger partial charge on any atom is -0.352 e. The van der Waals surface area contributed by atoms with Gasteiger partial charge in [-0.2, -0.15) is 5.26 Å². The molecular formula is C21H19FN6. The van der Waals surface area contributed by atoms with Crippen molar-refractivity contribution >= 4 is 17.2 Å². The van der Waals surface area contributed by atoms with Crippen molar-refractivity contribution in [2.45, 2.75) is 26.8 Å². The van der Waals surface area contributed by atoms with E-state index in [2.05, 4.69) is 31.2 Å². The highest BCUT2D eigenvalue weighted by atomic mass is 19.1. The highest BCUT2D eigenvalue weighted by Gasteiger charge is 2.20. The monoisotopic (exact) mass is 374 g/mol. The summed E-state index contributed by atoms with van der Waals surface area (Å²) in [5.74, 6) is 0.473. The molecule has 0 aliphatic carbocycles. The maximum atomic E-state index is 14.0. The zero-order valence-corrected chi connectivity index (χ0v) is 15.7. The summed E-state index contributed by atoms with van der Waals surface area (Å²) >= 11 is 0. The lowest BCUT2D eigenvalue weighted by atomic mass is 10.0. The third-order valence-corrected chi connectivity index (χ3v) is 4.79. The van der Waals surface area contributed by atoms with E-state index < -0.39 is 5.82 Å². The summed E-state index contributed by atoms with van der Waals surface area (Å²) in [5.41, 5.74) is 5.50. The molecule has 3 aromatic rings. The Hall–Kier alpha value is -3.53. The molecular weight excluding hydrogens is 355 g/mol. The van der Waals surface area contributed by atoms with Gasteiger partial charge in [0.05, 0.1) is 29.3 Å². The molecule has 0 saturated carbocycles. The van der Waals surface area contributed by atoms with Gasteiger partial charge in [-0.3, -0.25) is 9.97 Å². The number of halogens is 1. The van der Waals surface area contributed by atoms with Gasteiger partial charge in [0.2, 0.25) is 0 Å². The number of nitrogens with zero attached hydrogens (tertiary/aromatic N) is 5. The molecule has 0 radical (unpaired) electrons. The van der Waals surface area contributed by atoms with Crippen molar-refractivity contribution < 1.29 is 4.39 Å². The van der Waals surface area contributed by atoms with Crippen LogP contribution in [0, 0.1) is 31.0 Å². The van der Waals surface area contributed by atoms with Crippen molar-refractivity contribution in [3.63, 3.8) is 0 Å². The molecule has 140 valence electrons. The number of pyridine rings is 3. The molecule has 28 heavy (non-hydrogen) atoms. The molecule has 1 aliphatic rings. The molecule has 0 fully saturated rings. The highest BCUT2D eigenvalue weighted by molar-refractivity contribution is 5.61.